The third kappa shape index (κ3) is 5.55. The zero-order valence-electron chi connectivity index (χ0n) is 15.2. The van der Waals surface area contributed by atoms with Gasteiger partial charge >= 0.3 is 5.97 Å². The molecule has 0 saturated carbocycles. The number of anilines is 1. The van der Waals surface area contributed by atoms with Gasteiger partial charge in [-0.3, -0.25) is 9.52 Å². The number of carbonyl (C=O) groups is 2. The Hall–Kier alpha value is -2.87. The minimum absolute atomic E-state index is 0.0267. The summed E-state index contributed by atoms with van der Waals surface area (Å²) in [5.74, 6) is -0.801. The average molecular weight is 390 g/mol. The molecule has 144 valence electrons. The van der Waals surface area contributed by atoms with Gasteiger partial charge in [-0.25, -0.2) is 13.2 Å². The second kappa shape index (κ2) is 9.18. The highest BCUT2D eigenvalue weighted by molar-refractivity contribution is 7.92. The number of hydrogen-bond acceptors (Lipinski definition) is 5. The Morgan fingerprint density at radius 3 is 2.33 bits per heavy atom. The predicted octanol–water partition coefficient (Wildman–Crippen LogP) is 2.80. The lowest BCUT2D eigenvalue weighted by molar-refractivity contribution is 0.0526. The highest BCUT2D eigenvalue weighted by Crippen LogP contribution is 2.18. The molecule has 2 aromatic rings. The summed E-state index contributed by atoms with van der Waals surface area (Å²) in [6, 6.07) is 11.7. The Balaban J connectivity index is 2.17. The predicted molar refractivity (Wildman–Crippen MR) is 102 cm³/mol. The fraction of sp³-hybridized carbons (Fsp3) is 0.263. The van der Waals surface area contributed by atoms with Crippen LogP contribution in [0, 0.1) is 0 Å². The molecule has 0 fully saturated rings. The first-order valence-electron chi connectivity index (χ1n) is 8.55. The van der Waals surface area contributed by atoms with E-state index in [1.165, 1.54) is 42.5 Å². The van der Waals surface area contributed by atoms with Crippen LogP contribution in [0.25, 0.3) is 0 Å². The molecule has 2 rings (SSSR count). The van der Waals surface area contributed by atoms with Crippen LogP contribution in [0.15, 0.2) is 53.4 Å². The number of amides is 1. The van der Waals surface area contributed by atoms with Crippen LogP contribution in [0.3, 0.4) is 0 Å². The van der Waals surface area contributed by atoms with Crippen LogP contribution in [0.5, 0.6) is 0 Å². The van der Waals surface area contributed by atoms with Crippen molar-refractivity contribution in [2.45, 2.75) is 25.2 Å². The molecule has 8 heteroatoms. The van der Waals surface area contributed by atoms with E-state index in [1.807, 2.05) is 6.92 Å². The molecular weight excluding hydrogens is 368 g/mol. The standard InChI is InChI=1S/C19H22N2O5S/c1-3-12-20-18(22)15-6-5-7-17(13-15)27(24,25)21-16-10-8-14(9-11-16)19(23)26-4-2/h5-11,13,21H,3-4,12H2,1-2H3,(H,20,22). The third-order valence-corrected chi connectivity index (χ3v) is 4.97. The van der Waals surface area contributed by atoms with E-state index in [0.29, 0.717) is 17.8 Å². The van der Waals surface area contributed by atoms with Crippen molar-refractivity contribution in [1.82, 2.24) is 5.32 Å². The lowest BCUT2D eigenvalue weighted by atomic mass is 10.2. The Kier molecular flexibility index (Phi) is 6.95. The first-order valence-corrected chi connectivity index (χ1v) is 10.0. The van der Waals surface area contributed by atoms with Gasteiger partial charge in [-0.1, -0.05) is 13.0 Å². The van der Waals surface area contributed by atoms with Gasteiger partial charge in [0.05, 0.1) is 17.1 Å². The summed E-state index contributed by atoms with van der Waals surface area (Å²) in [5.41, 5.74) is 0.891. The first kappa shape index (κ1) is 20.4. The summed E-state index contributed by atoms with van der Waals surface area (Å²) in [6.45, 7) is 4.41. The SMILES string of the molecule is CCCNC(=O)c1cccc(S(=O)(=O)Nc2ccc(C(=O)OCC)cc2)c1. The van der Waals surface area contributed by atoms with Gasteiger partial charge in [0, 0.05) is 17.8 Å². The lowest BCUT2D eigenvalue weighted by Crippen LogP contribution is -2.24. The molecule has 0 bridgehead atoms. The van der Waals surface area contributed by atoms with Gasteiger partial charge in [-0.05, 0) is 55.8 Å². The largest absolute Gasteiger partial charge is 0.462 e. The van der Waals surface area contributed by atoms with Gasteiger partial charge in [0.2, 0.25) is 0 Å². The number of ether oxygens (including phenoxy) is 1. The summed E-state index contributed by atoms with van der Waals surface area (Å²) in [4.78, 5) is 23.6. The third-order valence-electron chi connectivity index (χ3n) is 3.59. The molecule has 0 saturated heterocycles. The topological polar surface area (TPSA) is 102 Å². The van der Waals surface area contributed by atoms with Crippen molar-refractivity contribution < 1.29 is 22.7 Å². The molecule has 0 aliphatic carbocycles. The molecular formula is C19H22N2O5S. The highest BCUT2D eigenvalue weighted by Gasteiger charge is 2.17. The lowest BCUT2D eigenvalue weighted by Gasteiger charge is -2.10. The average Bonchev–Trinajstić information content (AvgIpc) is 2.66. The van der Waals surface area contributed by atoms with Crippen LogP contribution >= 0.6 is 0 Å². The number of esters is 1. The van der Waals surface area contributed by atoms with E-state index in [0.717, 1.165) is 6.42 Å². The smallest absolute Gasteiger partial charge is 0.338 e. The van der Waals surface area contributed by atoms with Crippen LogP contribution in [0.2, 0.25) is 0 Å². The van der Waals surface area contributed by atoms with Crippen molar-refractivity contribution in [3.05, 3.63) is 59.7 Å². The maximum atomic E-state index is 12.6. The fourth-order valence-corrected chi connectivity index (χ4v) is 3.35. The summed E-state index contributed by atoms with van der Waals surface area (Å²) >= 11 is 0. The van der Waals surface area contributed by atoms with E-state index in [-0.39, 0.29) is 23.0 Å². The molecule has 2 N–H and O–H groups in total. The fourth-order valence-electron chi connectivity index (χ4n) is 2.25. The second-order valence-electron chi connectivity index (χ2n) is 5.69. The Morgan fingerprint density at radius 1 is 1.00 bits per heavy atom. The van der Waals surface area contributed by atoms with Crippen LogP contribution in [-0.4, -0.2) is 33.4 Å². The first-order chi connectivity index (χ1) is 12.9. The van der Waals surface area contributed by atoms with Crippen molar-refractivity contribution in [2.24, 2.45) is 0 Å². The summed E-state index contributed by atoms with van der Waals surface area (Å²) in [6.07, 6.45) is 0.785. The van der Waals surface area contributed by atoms with E-state index >= 15 is 0 Å². The Morgan fingerprint density at radius 2 is 1.70 bits per heavy atom. The number of carbonyl (C=O) groups excluding carboxylic acids is 2. The van der Waals surface area contributed by atoms with Crippen LogP contribution in [0.4, 0.5) is 5.69 Å². The molecule has 1 amide bonds. The molecule has 0 atom stereocenters. The molecule has 0 heterocycles. The summed E-state index contributed by atoms with van der Waals surface area (Å²) < 4.78 is 32.5. The molecule has 0 aliphatic rings. The van der Waals surface area contributed by atoms with Crippen molar-refractivity contribution in [3.63, 3.8) is 0 Å². The van der Waals surface area contributed by atoms with Gasteiger partial charge in [0.1, 0.15) is 0 Å². The summed E-state index contributed by atoms with van der Waals surface area (Å²) in [7, 11) is -3.88. The van der Waals surface area contributed by atoms with E-state index in [4.69, 9.17) is 4.74 Å². The number of benzene rings is 2. The van der Waals surface area contributed by atoms with Crippen LogP contribution in [0.1, 0.15) is 41.0 Å². The van der Waals surface area contributed by atoms with Gasteiger partial charge in [-0.15, -0.1) is 0 Å². The normalized spacial score (nSPS) is 10.9. The molecule has 0 aliphatic heterocycles. The zero-order valence-corrected chi connectivity index (χ0v) is 16.0. The summed E-state index contributed by atoms with van der Waals surface area (Å²) in [5, 5.41) is 2.71. The van der Waals surface area contributed by atoms with E-state index < -0.39 is 16.0 Å². The van der Waals surface area contributed by atoms with Crippen molar-refractivity contribution in [3.8, 4) is 0 Å². The van der Waals surface area contributed by atoms with Gasteiger partial charge in [-0.2, -0.15) is 0 Å². The second-order valence-corrected chi connectivity index (χ2v) is 7.37. The van der Waals surface area contributed by atoms with Gasteiger partial charge < -0.3 is 10.1 Å². The molecule has 0 aromatic heterocycles. The maximum Gasteiger partial charge on any atom is 0.338 e. The minimum atomic E-state index is -3.88. The van der Waals surface area contributed by atoms with Gasteiger partial charge in [0.25, 0.3) is 15.9 Å². The number of sulfonamides is 1. The van der Waals surface area contributed by atoms with E-state index in [9.17, 15) is 18.0 Å². The van der Waals surface area contributed by atoms with Crippen LogP contribution < -0.4 is 10.0 Å². The maximum absolute atomic E-state index is 12.6. The van der Waals surface area contributed by atoms with Crippen LogP contribution in [-0.2, 0) is 14.8 Å². The van der Waals surface area contributed by atoms with E-state index in [1.54, 1.807) is 13.0 Å². The molecule has 0 unspecified atom stereocenters. The van der Waals surface area contributed by atoms with Crippen molar-refractivity contribution in [2.75, 3.05) is 17.9 Å². The monoisotopic (exact) mass is 390 g/mol. The quantitative estimate of drug-likeness (QED) is 0.675. The molecule has 0 radical (unpaired) electrons. The van der Waals surface area contributed by atoms with Crippen molar-refractivity contribution in [1.29, 1.82) is 0 Å². The molecule has 2 aromatic carbocycles. The Labute approximate surface area is 158 Å². The number of nitrogens with one attached hydrogen (secondary N) is 2. The Bertz CT molecular complexity index is 908. The molecule has 27 heavy (non-hydrogen) atoms. The molecule has 0 spiro atoms. The number of rotatable bonds is 8. The number of hydrogen-bond donors (Lipinski definition) is 2. The van der Waals surface area contributed by atoms with Crippen molar-refractivity contribution >= 4 is 27.6 Å². The highest BCUT2D eigenvalue weighted by atomic mass is 32.2. The van der Waals surface area contributed by atoms with Gasteiger partial charge in [0.15, 0.2) is 0 Å². The minimum Gasteiger partial charge on any atom is -0.462 e. The zero-order chi connectivity index (χ0) is 19.9. The molecule has 7 nitrogen and oxygen atoms in total. The van der Waals surface area contributed by atoms with E-state index in [2.05, 4.69) is 10.0 Å².